The summed E-state index contributed by atoms with van der Waals surface area (Å²) in [5.74, 6) is 0.865. The smallest absolute Gasteiger partial charge is 0.367 e. The van der Waals surface area contributed by atoms with Crippen molar-refractivity contribution in [3.63, 3.8) is 0 Å². The number of hydrogen-bond acceptors (Lipinski definition) is 6. The highest BCUT2D eigenvalue weighted by atomic mass is 19.4. The maximum atomic E-state index is 12.9. The molecule has 0 bridgehead atoms. The van der Waals surface area contributed by atoms with Crippen LogP contribution in [0.4, 0.5) is 54.1 Å². The van der Waals surface area contributed by atoms with E-state index in [1.54, 1.807) is 36.7 Å². The largest absolute Gasteiger partial charge is 0.416 e. The van der Waals surface area contributed by atoms with Crippen LogP contribution in [0.2, 0.25) is 0 Å². The zero-order chi connectivity index (χ0) is 24.8. The zero-order valence-corrected chi connectivity index (χ0v) is 17.1. The summed E-state index contributed by atoms with van der Waals surface area (Å²) in [6, 6.07) is 6.61. The van der Waals surface area contributed by atoms with Crippen LogP contribution in [0.25, 0.3) is 0 Å². The van der Waals surface area contributed by atoms with E-state index in [1.165, 1.54) is 0 Å². The van der Waals surface area contributed by atoms with Crippen molar-refractivity contribution in [1.29, 1.82) is 0 Å². The van der Waals surface area contributed by atoms with Gasteiger partial charge in [0.1, 0.15) is 5.82 Å². The molecule has 0 aliphatic heterocycles. The van der Waals surface area contributed by atoms with Gasteiger partial charge < -0.3 is 21.3 Å². The number of halogens is 6. The average molecular weight is 485 g/mol. The van der Waals surface area contributed by atoms with E-state index in [4.69, 9.17) is 0 Å². The Hall–Kier alpha value is -4.10. The third kappa shape index (κ3) is 7.21. The van der Waals surface area contributed by atoms with Crippen molar-refractivity contribution in [3.05, 3.63) is 66.0 Å². The lowest BCUT2D eigenvalue weighted by Crippen LogP contribution is -2.33. The molecule has 2 amide bonds. The molecule has 0 aliphatic rings. The molecule has 2 heterocycles. The van der Waals surface area contributed by atoms with Crippen molar-refractivity contribution in [2.45, 2.75) is 12.4 Å². The molecule has 14 heteroatoms. The SMILES string of the molecule is O=C(NCCNc1ccc(Nc2ccncc2)nn1)Nc1cc(C(F)(F)F)cc(C(F)(F)F)c1. The van der Waals surface area contributed by atoms with Gasteiger partial charge in [0, 0.05) is 36.9 Å². The van der Waals surface area contributed by atoms with Gasteiger partial charge in [0.05, 0.1) is 11.1 Å². The molecular weight excluding hydrogens is 468 g/mol. The molecule has 0 aliphatic carbocycles. The first-order valence-electron chi connectivity index (χ1n) is 9.60. The number of nitrogens with one attached hydrogen (secondary N) is 4. The van der Waals surface area contributed by atoms with Crippen LogP contribution in [0.3, 0.4) is 0 Å². The lowest BCUT2D eigenvalue weighted by molar-refractivity contribution is -0.143. The molecule has 3 aromatic rings. The number of carbonyl (C=O) groups excluding carboxylic acids is 1. The summed E-state index contributed by atoms with van der Waals surface area (Å²) in [4.78, 5) is 15.8. The van der Waals surface area contributed by atoms with Crippen molar-refractivity contribution in [1.82, 2.24) is 20.5 Å². The topological polar surface area (TPSA) is 104 Å². The van der Waals surface area contributed by atoms with E-state index in [1.807, 2.05) is 5.32 Å². The molecule has 0 fully saturated rings. The van der Waals surface area contributed by atoms with Crippen molar-refractivity contribution in [2.75, 3.05) is 29.0 Å². The van der Waals surface area contributed by atoms with Gasteiger partial charge in [-0.2, -0.15) is 26.3 Å². The second-order valence-electron chi connectivity index (χ2n) is 6.77. The van der Waals surface area contributed by atoms with Gasteiger partial charge in [-0.25, -0.2) is 4.79 Å². The Kier molecular flexibility index (Phi) is 7.38. The monoisotopic (exact) mass is 485 g/mol. The number of benzene rings is 1. The zero-order valence-electron chi connectivity index (χ0n) is 17.1. The quantitative estimate of drug-likeness (QED) is 0.281. The Morgan fingerprint density at radius 3 is 1.91 bits per heavy atom. The van der Waals surface area contributed by atoms with Crippen LogP contribution < -0.4 is 21.3 Å². The van der Waals surface area contributed by atoms with E-state index in [0.29, 0.717) is 23.8 Å². The molecule has 2 aromatic heterocycles. The van der Waals surface area contributed by atoms with Crippen molar-refractivity contribution < 1.29 is 31.1 Å². The number of alkyl halides is 6. The fourth-order valence-electron chi connectivity index (χ4n) is 2.65. The predicted molar refractivity (Wildman–Crippen MR) is 112 cm³/mol. The second-order valence-corrected chi connectivity index (χ2v) is 6.77. The first kappa shape index (κ1) is 24.5. The number of nitrogens with zero attached hydrogens (tertiary/aromatic N) is 3. The summed E-state index contributed by atoms with van der Waals surface area (Å²) < 4.78 is 77.4. The molecule has 0 spiro atoms. The van der Waals surface area contributed by atoms with Gasteiger partial charge in [0.25, 0.3) is 0 Å². The highest BCUT2D eigenvalue weighted by Gasteiger charge is 2.37. The van der Waals surface area contributed by atoms with Gasteiger partial charge in [-0.3, -0.25) is 4.98 Å². The Balaban J connectivity index is 1.49. The number of carbonyl (C=O) groups is 1. The van der Waals surface area contributed by atoms with E-state index in [2.05, 4.69) is 31.1 Å². The molecule has 180 valence electrons. The fraction of sp³-hybridized carbons (Fsp3) is 0.200. The number of amides is 2. The van der Waals surface area contributed by atoms with Gasteiger partial charge in [-0.1, -0.05) is 0 Å². The molecule has 3 rings (SSSR count). The Morgan fingerprint density at radius 2 is 1.35 bits per heavy atom. The molecule has 0 atom stereocenters. The Labute approximate surface area is 188 Å². The highest BCUT2D eigenvalue weighted by Crippen LogP contribution is 2.37. The van der Waals surface area contributed by atoms with Crippen LogP contribution in [0, 0.1) is 0 Å². The van der Waals surface area contributed by atoms with Crippen molar-refractivity contribution in [2.24, 2.45) is 0 Å². The van der Waals surface area contributed by atoms with Crippen LogP contribution >= 0.6 is 0 Å². The number of rotatable bonds is 7. The van der Waals surface area contributed by atoms with Gasteiger partial charge in [-0.15, -0.1) is 10.2 Å². The van der Waals surface area contributed by atoms with Gasteiger partial charge in [0.2, 0.25) is 0 Å². The predicted octanol–water partition coefficient (Wildman–Crippen LogP) is 4.89. The molecule has 0 unspecified atom stereocenters. The Morgan fingerprint density at radius 1 is 0.765 bits per heavy atom. The van der Waals surface area contributed by atoms with Crippen LogP contribution in [-0.4, -0.2) is 34.3 Å². The van der Waals surface area contributed by atoms with Crippen molar-refractivity contribution >= 4 is 29.0 Å². The lowest BCUT2D eigenvalue weighted by atomic mass is 10.1. The van der Waals surface area contributed by atoms with Gasteiger partial charge in [0.15, 0.2) is 5.82 Å². The molecule has 0 saturated heterocycles. The molecule has 4 N–H and O–H groups in total. The van der Waals surface area contributed by atoms with E-state index in [9.17, 15) is 31.1 Å². The molecule has 0 radical (unpaired) electrons. The molecular formula is C20H17F6N7O. The maximum Gasteiger partial charge on any atom is 0.416 e. The number of pyridine rings is 1. The summed E-state index contributed by atoms with van der Waals surface area (Å²) in [6.45, 7) is 0.158. The minimum atomic E-state index is -5.01. The molecule has 0 saturated carbocycles. The fourth-order valence-corrected chi connectivity index (χ4v) is 2.65. The van der Waals surface area contributed by atoms with E-state index < -0.39 is 35.2 Å². The highest BCUT2D eigenvalue weighted by molar-refractivity contribution is 5.89. The average Bonchev–Trinajstić information content (AvgIpc) is 2.77. The minimum Gasteiger partial charge on any atom is -0.367 e. The summed E-state index contributed by atoms with van der Waals surface area (Å²) in [5.41, 5.74) is -2.93. The van der Waals surface area contributed by atoms with Crippen LogP contribution in [-0.2, 0) is 12.4 Å². The lowest BCUT2D eigenvalue weighted by Gasteiger charge is -2.15. The summed E-state index contributed by atoms with van der Waals surface area (Å²) in [5, 5.41) is 18.1. The van der Waals surface area contributed by atoms with Gasteiger partial charge >= 0.3 is 18.4 Å². The number of anilines is 4. The van der Waals surface area contributed by atoms with Crippen molar-refractivity contribution in [3.8, 4) is 0 Å². The molecule has 8 nitrogen and oxygen atoms in total. The minimum absolute atomic E-state index is 0.00435. The van der Waals surface area contributed by atoms with E-state index in [0.717, 1.165) is 5.69 Å². The number of aromatic nitrogens is 3. The van der Waals surface area contributed by atoms with Crippen LogP contribution in [0.5, 0.6) is 0 Å². The normalized spacial score (nSPS) is 11.6. The summed E-state index contributed by atoms with van der Waals surface area (Å²) in [7, 11) is 0. The number of urea groups is 1. The molecule has 1 aromatic carbocycles. The van der Waals surface area contributed by atoms with E-state index >= 15 is 0 Å². The summed E-state index contributed by atoms with van der Waals surface area (Å²) in [6.07, 6.45) is -6.81. The maximum absolute atomic E-state index is 12.9. The van der Waals surface area contributed by atoms with Gasteiger partial charge in [-0.05, 0) is 42.5 Å². The molecule has 34 heavy (non-hydrogen) atoms. The third-order valence-electron chi connectivity index (χ3n) is 4.18. The third-order valence-corrected chi connectivity index (χ3v) is 4.18. The van der Waals surface area contributed by atoms with E-state index in [-0.39, 0.29) is 19.2 Å². The number of hydrogen-bond donors (Lipinski definition) is 4. The first-order valence-corrected chi connectivity index (χ1v) is 9.60. The van der Waals surface area contributed by atoms with Crippen LogP contribution in [0.1, 0.15) is 11.1 Å². The second kappa shape index (κ2) is 10.2. The standard InChI is InChI=1S/C20H17F6N7O/c21-19(22,23)12-9-13(20(24,25)26)11-15(10-12)31-18(34)29-8-7-28-16-1-2-17(33-32-16)30-14-3-5-27-6-4-14/h1-6,9-11H,7-8H2,(H,28,32)(H,27,30,33)(H2,29,31,34). The Bertz CT molecular complexity index is 1070. The first-order chi connectivity index (χ1) is 16.0. The summed E-state index contributed by atoms with van der Waals surface area (Å²) >= 11 is 0. The van der Waals surface area contributed by atoms with Crippen LogP contribution in [0.15, 0.2) is 54.9 Å².